The van der Waals surface area contributed by atoms with Gasteiger partial charge >= 0.3 is 0 Å². The molecule has 0 fully saturated rings. The van der Waals surface area contributed by atoms with Gasteiger partial charge in [-0.3, -0.25) is 9.78 Å². The summed E-state index contributed by atoms with van der Waals surface area (Å²) in [5, 5.41) is 15.1. The zero-order valence-corrected chi connectivity index (χ0v) is 13.6. The van der Waals surface area contributed by atoms with Crippen molar-refractivity contribution in [3.63, 3.8) is 0 Å². The van der Waals surface area contributed by atoms with Crippen LogP contribution < -0.4 is 5.56 Å². The number of aromatic hydroxyl groups is 1. The Morgan fingerprint density at radius 3 is 2.56 bits per heavy atom. The van der Waals surface area contributed by atoms with E-state index in [4.69, 9.17) is 0 Å². The van der Waals surface area contributed by atoms with E-state index in [0.717, 1.165) is 16.7 Å². The van der Waals surface area contributed by atoms with E-state index in [1.807, 2.05) is 49.4 Å². The van der Waals surface area contributed by atoms with Crippen LogP contribution in [-0.2, 0) is 6.42 Å². The number of nitrogens with zero attached hydrogens (tertiary/aromatic N) is 3. The van der Waals surface area contributed by atoms with Crippen LogP contribution in [0.15, 0.2) is 59.7 Å². The highest BCUT2D eigenvalue weighted by Gasteiger charge is 2.19. The predicted molar refractivity (Wildman–Crippen MR) is 94.7 cm³/mol. The molecular formula is C19H16N4O2. The molecule has 3 aromatic heterocycles. The maximum atomic E-state index is 12.6. The minimum absolute atomic E-state index is 0.133. The third-order valence-corrected chi connectivity index (χ3v) is 4.23. The molecule has 0 spiro atoms. The van der Waals surface area contributed by atoms with Gasteiger partial charge in [0.2, 0.25) is 5.88 Å². The molecule has 0 atom stereocenters. The molecule has 0 radical (unpaired) electrons. The third-order valence-electron chi connectivity index (χ3n) is 4.23. The van der Waals surface area contributed by atoms with Crippen LogP contribution in [0.3, 0.4) is 0 Å². The second-order valence-corrected chi connectivity index (χ2v) is 5.88. The number of hydrogen-bond acceptors (Lipinski definition) is 4. The highest BCUT2D eigenvalue weighted by molar-refractivity contribution is 5.79. The molecule has 4 aromatic rings. The van der Waals surface area contributed by atoms with E-state index in [2.05, 4.69) is 15.1 Å². The summed E-state index contributed by atoms with van der Waals surface area (Å²) >= 11 is 0. The first-order chi connectivity index (χ1) is 12.1. The predicted octanol–water partition coefficient (Wildman–Crippen LogP) is 2.69. The van der Waals surface area contributed by atoms with Crippen LogP contribution in [0.5, 0.6) is 5.88 Å². The number of fused-ring (bicyclic) bond motifs is 1. The van der Waals surface area contributed by atoms with Gasteiger partial charge in [-0.05, 0) is 30.2 Å². The second-order valence-electron chi connectivity index (χ2n) is 5.88. The van der Waals surface area contributed by atoms with Crippen LogP contribution in [-0.4, -0.2) is 24.7 Å². The number of aromatic amines is 1. The summed E-state index contributed by atoms with van der Waals surface area (Å²) in [6.45, 7) is 1.84. The van der Waals surface area contributed by atoms with Crippen molar-refractivity contribution < 1.29 is 5.11 Å². The van der Waals surface area contributed by atoms with Crippen LogP contribution in [0, 0.1) is 6.92 Å². The lowest BCUT2D eigenvalue weighted by molar-refractivity contribution is 0.427. The monoisotopic (exact) mass is 332 g/mol. The fraction of sp³-hybridized carbons (Fsp3) is 0.105. The normalized spacial score (nSPS) is 11.1. The first-order valence-corrected chi connectivity index (χ1v) is 7.93. The van der Waals surface area contributed by atoms with Crippen molar-refractivity contribution >= 4 is 5.65 Å². The van der Waals surface area contributed by atoms with E-state index >= 15 is 0 Å². The average Bonchev–Trinajstić information content (AvgIpc) is 2.96. The SMILES string of the molecule is Cc1nn2c(O)c(Cc3ccccc3)c(=O)[nH]c2c1-c1ccncc1. The molecule has 0 aliphatic rings. The summed E-state index contributed by atoms with van der Waals surface area (Å²) in [7, 11) is 0. The van der Waals surface area contributed by atoms with Gasteiger partial charge in [-0.15, -0.1) is 0 Å². The summed E-state index contributed by atoms with van der Waals surface area (Å²) in [5.41, 5.74) is 3.78. The van der Waals surface area contributed by atoms with Crippen molar-refractivity contribution in [2.24, 2.45) is 0 Å². The molecule has 0 aliphatic heterocycles. The second kappa shape index (κ2) is 5.90. The maximum Gasteiger partial charge on any atom is 0.258 e. The lowest BCUT2D eigenvalue weighted by Crippen LogP contribution is -2.16. The van der Waals surface area contributed by atoms with Gasteiger partial charge in [0.05, 0.1) is 11.3 Å². The topological polar surface area (TPSA) is 83.3 Å². The molecule has 0 bridgehead atoms. The summed E-state index contributed by atoms with van der Waals surface area (Å²) in [6, 6.07) is 13.2. The number of aryl methyl sites for hydroxylation is 1. The van der Waals surface area contributed by atoms with Crippen LogP contribution in [0.4, 0.5) is 0 Å². The molecule has 1 aromatic carbocycles. The number of pyridine rings is 1. The van der Waals surface area contributed by atoms with Crippen LogP contribution >= 0.6 is 0 Å². The van der Waals surface area contributed by atoms with E-state index in [9.17, 15) is 9.90 Å². The molecule has 124 valence electrons. The van der Waals surface area contributed by atoms with Crippen molar-refractivity contribution in [3.05, 3.63) is 82.0 Å². The van der Waals surface area contributed by atoms with Gasteiger partial charge in [0, 0.05) is 24.4 Å². The first-order valence-electron chi connectivity index (χ1n) is 7.93. The molecule has 0 amide bonds. The van der Waals surface area contributed by atoms with Crippen molar-refractivity contribution in [3.8, 4) is 17.0 Å². The Morgan fingerprint density at radius 2 is 1.84 bits per heavy atom. The van der Waals surface area contributed by atoms with E-state index in [-0.39, 0.29) is 11.4 Å². The highest BCUT2D eigenvalue weighted by Crippen LogP contribution is 2.29. The lowest BCUT2D eigenvalue weighted by Gasteiger charge is -2.07. The Labute approximate surface area is 143 Å². The van der Waals surface area contributed by atoms with Gasteiger partial charge in [-0.2, -0.15) is 9.61 Å². The molecule has 0 saturated carbocycles. The van der Waals surface area contributed by atoms with Crippen LogP contribution in [0.2, 0.25) is 0 Å². The third kappa shape index (κ3) is 2.57. The highest BCUT2D eigenvalue weighted by atomic mass is 16.3. The Hall–Kier alpha value is -3.41. The quantitative estimate of drug-likeness (QED) is 0.604. The maximum absolute atomic E-state index is 12.6. The van der Waals surface area contributed by atoms with Gasteiger partial charge in [-0.1, -0.05) is 30.3 Å². The van der Waals surface area contributed by atoms with Crippen molar-refractivity contribution in [2.45, 2.75) is 13.3 Å². The van der Waals surface area contributed by atoms with Crippen molar-refractivity contribution in [2.75, 3.05) is 0 Å². The molecule has 25 heavy (non-hydrogen) atoms. The minimum Gasteiger partial charge on any atom is -0.493 e. The number of benzene rings is 1. The number of rotatable bonds is 3. The first kappa shape index (κ1) is 15.1. The van der Waals surface area contributed by atoms with Gasteiger partial charge < -0.3 is 10.1 Å². The number of nitrogens with one attached hydrogen (secondary N) is 1. The standard InChI is InChI=1S/C19H16N4O2/c1-12-16(14-7-9-20-10-8-14)17-21-18(24)15(19(25)23(17)22-12)11-13-5-3-2-4-6-13/h2-10,25H,11H2,1H3,(H,21,24). The lowest BCUT2D eigenvalue weighted by atomic mass is 10.1. The zero-order chi connectivity index (χ0) is 17.4. The summed E-state index contributed by atoms with van der Waals surface area (Å²) in [4.78, 5) is 19.5. The number of hydrogen-bond donors (Lipinski definition) is 2. The number of H-pyrrole nitrogens is 1. The molecule has 0 unspecified atom stereocenters. The smallest absolute Gasteiger partial charge is 0.258 e. The molecule has 2 N–H and O–H groups in total. The molecule has 4 rings (SSSR count). The summed E-state index contributed by atoms with van der Waals surface area (Å²) < 4.78 is 1.39. The van der Waals surface area contributed by atoms with Crippen LogP contribution in [0.25, 0.3) is 16.8 Å². The Bertz CT molecular complexity index is 1100. The van der Waals surface area contributed by atoms with Gasteiger partial charge in [-0.25, -0.2) is 0 Å². The molecular weight excluding hydrogens is 316 g/mol. The Balaban J connectivity index is 1.91. The average molecular weight is 332 g/mol. The van der Waals surface area contributed by atoms with Crippen LogP contribution in [0.1, 0.15) is 16.8 Å². The number of aromatic nitrogens is 4. The van der Waals surface area contributed by atoms with E-state index < -0.39 is 0 Å². The molecule has 6 nitrogen and oxygen atoms in total. The molecule has 6 heteroatoms. The summed E-state index contributed by atoms with van der Waals surface area (Å²) in [6.07, 6.45) is 3.70. The fourth-order valence-corrected chi connectivity index (χ4v) is 3.03. The molecule has 3 heterocycles. The van der Waals surface area contributed by atoms with Gasteiger partial charge in [0.15, 0.2) is 0 Å². The largest absolute Gasteiger partial charge is 0.493 e. The van der Waals surface area contributed by atoms with Crippen molar-refractivity contribution in [1.82, 2.24) is 19.6 Å². The Kier molecular flexibility index (Phi) is 3.57. The van der Waals surface area contributed by atoms with Crippen molar-refractivity contribution in [1.29, 1.82) is 0 Å². The molecule has 0 saturated heterocycles. The zero-order valence-electron chi connectivity index (χ0n) is 13.6. The fourth-order valence-electron chi connectivity index (χ4n) is 3.03. The van der Waals surface area contributed by atoms with E-state index in [0.29, 0.717) is 23.3 Å². The minimum atomic E-state index is -0.316. The van der Waals surface area contributed by atoms with Gasteiger partial charge in [0.1, 0.15) is 5.65 Å². The van der Waals surface area contributed by atoms with E-state index in [1.54, 1.807) is 12.4 Å². The van der Waals surface area contributed by atoms with E-state index in [1.165, 1.54) is 4.52 Å². The Morgan fingerprint density at radius 1 is 1.12 bits per heavy atom. The van der Waals surface area contributed by atoms with Gasteiger partial charge in [0.25, 0.3) is 5.56 Å². The molecule has 0 aliphatic carbocycles. The summed E-state index contributed by atoms with van der Waals surface area (Å²) in [5.74, 6) is -0.133.